The van der Waals surface area contributed by atoms with Crippen LogP contribution in [-0.2, 0) is 4.74 Å². The van der Waals surface area contributed by atoms with E-state index in [0.717, 1.165) is 50.3 Å². The third kappa shape index (κ3) is 5.04. The number of nitrogens with one attached hydrogen (secondary N) is 1. The number of hydrogen-bond acceptors (Lipinski definition) is 6. The molecular weight excluding hydrogens is 290 g/mol. The van der Waals surface area contributed by atoms with Crippen LogP contribution < -0.4 is 10.2 Å². The van der Waals surface area contributed by atoms with E-state index < -0.39 is 0 Å². The van der Waals surface area contributed by atoms with Crippen LogP contribution in [0.4, 0.5) is 11.6 Å². The number of likely N-dealkylation sites (N-methyl/N-ethyl adjacent to an activating group) is 1. The Hall–Kier alpha value is -1.40. The van der Waals surface area contributed by atoms with Crippen LogP contribution in [-0.4, -0.2) is 66.8 Å². The maximum Gasteiger partial charge on any atom is 0.133 e. The minimum atomic E-state index is 0.321. The Kier molecular flexibility index (Phi) is 5.33. The molecule has 0 aromatic carbocycles. The largest absolute Gasteiger partial charge is 0.373 e. The van der Waals surface area contributed by atoms with E-state index in [-0.39, 0.29) is 0 Å². The summed E-state index contributed by atoms with van der Waals surface area (Å²) >= 11 is 0. The normalized spacial score (nSPS) is 25.3. The topological polar surface area (TPSA) is 53.5 Å². The fourth-order valence-electron chi connectivity index (χ4n) is 3.10. The highest BCUT2D eigenvalue weighted by molar-refractivity contribution is 5.47. The molecule has 3 rings (SSSR count). The Morgan fingerprint density at radius 2 is 2.00 bits per heavy atom. The van der Waals surface area contributed by atoms with Gasteiger partial charge in [-0.2, -0.15) is 0 Å². The molecule has 1 aliphatic heterocycles. The SMILES string of the molecule is C[C@@H]1CN(CCN(C)c2cc(NCC3CC3)ncn2)C[C@H](C)O1. The molecule has 1 saturated heterocycles. The predicted octanol–water partition coefficient (Wildman–Crippen LogP) is 1.84. The summed E-state index contributed by atoms with van der Waals surface area (Å²) in [5, 5.41) is 3.41. The van der Waals surface area contributed by atoms with Crippen molar-refractivity contribution in [1.29, 1.82) is 0 Å². The highest BCUT2D eigenvalue weighted by Gasteiger charge is 2.22. The van der Waals surface area contributed by atoms with Crippen molar-refractivity contribution in [2.45, 2.75) is 38.9 Å². The van der Waals surface area contributed by atoms with Crippen LogP contribution in [0.25, 0.3) is 0 Å². The van der Waals surface area contributed by atoms with Crippen molar-refractivity contribution in [3.8, 4) is 0 Å². The average Bonchev–Trinajstić information content (AvgIpc) is 3.34. The number of nitrogens with zero attached hydrogens (tertiary/aromatic N) is 4. The molecule has 128 valence electrons. The third-order valence-corrected chi connectivity index (χ3v) is 4.56. The van der Waals surface area contributed by atoms with Crippen molar-refractivity contribution in [2.24, 2.45) is 5.92 Å². The van der Waals surface area contributed by atoms with Gasteiger partial charge in [-0.3, -0.25) is 4.90 Å². The first-order valence-electron chi connectivity index (χ1n) is 8.75. The molecule has 23 heavy (non-hydrogen) atoms. The van der Waals surface area contributed by atoms with Gasteiger partial charge < -0.3 is 15.0 Å². The first-order valence-corrected chi connectivity index (χ1v) is 8.75. The molecule has 6 nitrogen and oxygen atoms in total. The lowest BCUT2D eigenvalue weighted by Crippen LogP contribution is -2.47. The lowest BCUT2D eigenvalue weighted by Gasteiger charge is -2.36. The van der Waals surface area contributed by atoms with E-state index in [4.69, 9.17) is 4.74 Å². The van der Waals surface area contributed by atoms with Gasteiger partial charge in [0.25, 0.3) is 0 Å². The van der Waals surface area contributed by atoms with Crippen molar-refractivity contribution in [3.63, 3.8) is 0 Å². The van der Waals surface area contributed by atoms with Crippen LogP contribution in [0.2, 0.25) is 0 Å². The second kappa shape index (κ2) is 7.45. The molecule has 0 unspecified atom stereocenters. The number of anilines is 2. The summed E-state index contributed by atoms with van der Waals surface area (Å²) in [6, 6.07) is 2.05. The maximum absolute atomic E-state index is 5.79. The number of hydrogen-bond donors (Lipinski definition) is 1. The Morgan fingerprint density at radius 1 is 1.26 bits per heavy atom. The zero-order chi connectivity index (χ0) is 16.2. The molecule has 0 amide bonds. The van der Waals surface area contributed by atoms with Crippen LogP contribution >= 0.6 is 0 Å². The molecule has 1 aromatic rings. The predicted molar refractivity (Wildman–Crippen MR) is 93.0 cm³/mol. The van der Waals surface area contributed by atoms with Gasteiger partial charge in [-0.1, -0.05) is 0 Å². The minimum Gasteiger partial charge on any atom is -0.373 e. The van der Waals surface area contributed by atoms with E-state index in [1.165, 1.54) is 12.8 Å². The molecule has 1 saturated carbocycles. The highest BCUT2D eigenvalue weighted by atomic mass is 16.5. The van der Waals surface area contributed by atoms with Gasteiger partial charge in [0.15, 0.2) is 0 Å². The van der Waals surface area contributed by atoms with Gasteiger partial charge in [-0.25, -0.2) is 9.97 Å². The van der Waals surface area contributed by atoms with Crippen molar-refractivity contribution >= 4 is 11.6 Å². The van der Waals surface area contributed by atoms with Gasteiger partial charge in [0.1, 0.15) is 18.0 Å². The Bertz CT molecular complexity index is 498. The van der Waals surface area contributed by atoms with Crippen molar-refractivity contribution in [3.05, 3.63) is 12.4 Å². The molecule has 2 heterocycles. The maximum atomic E-state index is 5.79. The quantitative estimate of drug-likeness (QED) is 0.828. The molecule has 0 radical (unpaired) electrons. The number of ether oxygens (including phenoxy) is 1. The summed E-state index contributed by atoms with van der Waals surface area (Å²) in [6.45, 7) is 9.33. The molecule has 6 heteroatoms. The molecule has 1 aromatic heterocycles. The van der Waals surface area contributed by atoms with Crippen LogP contribution in [0.3, 0.4) is 0 Å². The lowest BCUT2D eigenvalue weighted by molar-refractivity contribution is -0.0670. The Balaban J connectivity index is 1.48. The minimum absolute atomic E-state index is 0.321. The van der Waals surface area contributed by atoms with E-state index in [9.17, 15) is 0 Å². The number of rotatable bonds is 7. The second-order valence-electron chi connectivity index (χ2n) is 7.02. The first kappa shape index (κ1) is 16.5. The standard InChI is InChI=1S/C17H29N5O/c1-13-10-22(11-14(2)23-13)7-6-21(3)17-8-16(19-12-20-17)18-9-15-4-5-15/h8,12-15H,4-7,9-11H2,1-3H3,(H,18,19,20)/t13-,14+. The molecule has 2 aliphatic rings. The Morgan fingerprint density at radius 3 is 2.70 bits per heavy atom. The summed E-state index contributed by atoms with van der Waals surface area (Å²) in [4.78, 5) is 13.4. The molecule has 0 bridgehead atoms. The second-order valence-corrected chi connectivity index (χ2v) is 7.02. The summed E-state index contributed by atoms with van der Waals surface area (Å²) < 4.78 is 5.79. The van der Waals surface area contributed by atoms with Gasteiger partial charge in [0.2, 0.25) is 0 Å². The fourth-order valence-corrected chi connectivity index (χ4v) is 3.10. The van der Waals surface area contributed by atoms with E-state index >= 15 is 0 Å². The summed E-state index contributed by atoms with van der Waals surface area (Å²) in [7, 11) is 2.10. The van der Waals surface area contributed by atoms with Crippen molar-refractivity contribution in [2.75, 3.05) is 50.0 Å². The van der Waals surface area contributed by atoms with Gasteiger partial charge >= 0.3 is 0 Å². The monoisotopic (exact) mass is 319 g/mol. The zero-order valence-corrected chi connectivity index (χ0v) is 14.5. The lowest BCUT2D eigenvalue weighted by atomic mass is 10.2. The zero-order valence-electron chi connectivity index (χ0n) is 14.5. The Labute approximate surface area is 139 Å². The molecule has 2 atom stereocenters. The van der Waals surface area contributed by atoms with E-state index in [0.29, 0.717) is 12.2 Å². The fraction of sp³-hybridized carbons (Fsp3) is 0.765. The molecular formula is C17H29N5O. The van der Waals surface area contributed by atoms with Gasteiger partial charge in [0, 0.05) is 45.8 Å². The van der Waals surface area contributed by atoms with Crippen molar-refractivity contribution < 1.29 is 4.74 Å². The van der Waals surface area contributed by atoms with E-state index in [1.807, 2.05) is 6.07 Å². The smallest absolute Gasteiger partial charge is 0.133 e. The molecule has 0 spiro atoms. The van der Waals surface area contributed by atoms with Crippen molar-refractivity contribution in [1.82, 2.24) is 14.9 Å². The van der Waals surface area contributed by atoms with E-state index in [1.54, 1.807) is 6.33 Å². The van der Waals surface area contributed by atoms with Crippen LogP contribution in [0.1, 0.15) is 26.7 Å². The van der Waals surface area contributed by atoms with Crippen LogP contribution in [0.5, 0.6) is 0 Å². The summed E-state index contributed by atoms with van der Waals surface area (Å²) in [5.41, 5.74) is 0. The van der Waals surface area contributed by atoms with Gasteiger partial charge in [-0.05, 0) is 32.6 Å². The summed E-state index contributed by atoms with van der Waals surface area (Å²) in [5.74, 6) is 2.76. The van der Waals surface area contributed by atoms with Crippen LogP contribution in [0.15, 0.2) is 12.4 Å². The highest BCUT2D eigenvalue weighted by Crippen LogP contribution is 2.28. The summed E-state index contributed by atoms with van der Waals surface area (Å²) in [6.07, 6.45) is 4.99. The van der Waals surface area contributed by atoms with Crippen LogP contribution in [0, 0.1) is 5.92 Å². The van der Waals surface area contributed by atoms with Gasteiger partial charge in [-0.15, -0.1) is 0 Å². The van der Waals surface area contributed by atoms with E-state index in [2.05, 4.69) is 46.0 Å². The van der Waals surface area contributed by atoms with Gasteiger partial charge in [0.05, 0.1) is 12.2 Å². The molecule has 1 N–H and O–H groups in total. The third-order valence-electron chi connectivity index (χ3n) is 4.56. The average molecular weight is 319 g/mol. The molecule has 1 aliphatic carbocycles. The number of morpholine rings is 1. The first-order chi connectivity index (χ1) is 11.1. The number of aromatic nitrogens is 2. The molecule has 2 fully saturated rings.